The molecule has 0 aromatic heterocycles. The van der Waals surface area contributed by atoms with Gasteiger partial charge in [0.1, 0.15) is 19.8 Å². The van der Waals surface area contributed by atoms with Crippen molar-refractivity contribution >= 4 is 5.91 Å². The van der Waals surface area contributed by atoms with Crippen LogP contribution in [0.3, 0.4) is 0 Å². The van der Waals surface area contributed by atoms with Crippen LogP contribution >= 0.6 is 0 Å². The largest absolute Gasteiger partial charge is 0.486 e. The van der Waals surface area contributed by atoms with Crippen LogP contribution in [0, 0.1) is 6.92 Å². The van der Waals surface area contributed by atoms with Crippen molar-refractivity contribution in [2.75, 3.05) is 32.9 Å². The number of carbonyl (C=O) groups is 1. The molecule has 152 valence electrons. The molecular weight excluding hydrogens is 368 g/mol. The van der Waals surface area contributed by atoms with Crippen molar-refractivity contribution in [3.05, 3.63) is 59.2 Å². The molecule has 2 aromatic rings. The van der Waals surface area contributed by atoms with E-state index < -0.39 is 5.54 Å². The zero-order chi connectivity index (χ0) is 19.8. The Kier molecular flexibility index (Phi) is 4.68. The maximum absolute atomic E-state index is 12.2. The zero-order valence-corrected chi connectivity index (χ0v) is 16.6. The Morgan fingerprint density at radius 3 is 2.69 bits per heavy atom. The highest BCUT2D eigenvalue weighted by Crippen LogP contribution is 2.38. The molecule has 6 nitrogen and oxygen atoms in total. The highest BCUT2D eigenvalue weighted by Gasteiger charge is 2.49. The van der Waals surface area contributed by atoms with Gasteiger partial charge >= 0.3 is 0 Å². The van der Waals surface area contributed by atoms with Crippen molar-refractivity contribution in [2.45, 2.75) is 31.5 Å². The smallest absolute Gasteiger partial charge is 0.246 e. The lowest BCUT2D eigenvalue weighted by Crippen LogP contribution is -2.66. The summed E-state index contributed by atoms with van der Waals surface area (Å²) in [6, 6.07) is 14.4. The van der Waals surface area contributed by atoms with E-state index in [1.54, 1.807) is 0 Å². The fourth-order valence-electron chi connectivity index (χ4n) is 4.70. The van der Waals surface area contributed by atoms with Crippen molar-refractivity contribution in [1.29, 1.82) is 0 Å². The number of rotatable bonds is 3. The molecule has 3 aliphatic heterocycles. The van der Waals surface area contributed by atoms with Crippen molar-refractivity contribution in [2.24, 2.45) is 0 Å². The summed E-state index contributed by atoms with van der Waals surface area (Å²) in [7, 11) is 0. The van der Waals surface area contributed by atoms with Crippen LogP contribution in [0.5, 0.6) is 11.5 Å². The lowest BCUT2D eigenvalue weighted by atomic mass is 9.77. The van der Waals surface area contributed by atoms with Gasteiger partial charge in [-0.15, -0.1) is 0 Å². The van der Waals surface area contributed by atoms with Crippen LogP contribution in [-0.2, 0) is 21.6 Å². The Labute approximate surface area is 170 Å². The average Bonchev–Trinajstić information content (AvgIpc) is 2.75. The number of hydrogen-bond acceptors (Lipinski definition) is 5. The molecule has 6 heteroatoms. The number of carbonyl (C=O) groups excluding carboxylic acids is 1. The molecule has 2 aromatic carbocycles. The molecule has 2 saturated heterocycles. The molecule has 3 aliphatic rings. The minimum absolute atomic E-state index is 0.0405. The Morgan fingerprint density at radius 1 is 1.14 bits per heavy atom. The van der Waals surface area contributed by atoms with E-state index in [1.807, 2.05) is 18.2 Å². The van der Waals surface area contributed by atoms with Gasteiger partial charge < -0.3 is 19.5 Å². The van der Waals surface area contributed by atoms with Gasteiger partial charge in [-0.2, -0.15) is 0 Å². The standard InChI is InChI=1S/C23H26N2O4/c1-16-11-19-20(28-10-9-27-19)12-17(16)13-25-8-7-23(18-5-3-2-4-6-18)21(14-25)29-15-22(26)24-23/h2-6,11-12,21H,7-10,13-15H2,1H3,(H,24,26)/t21-,23+/m1/s1. The number of nitrogens with zero attached hydrogens (tertiary/aromatic N) is 1. The van der Waals surface area contributed by atoms with Gasteiger partial charge in [0.2, 0.25) is 5.91 Å². The van der Waals surface area contributed by atoms with E-state index in [0.717, 1.165) is 43.1 Å². The van der Waals surface area contributed by atoms with E-state index >= 15 is 0 Å². The number of likely N-dealkylation sites (tertiary alicyclic amines) is 1. The molecule has 0 aliphatic carbocycles. The minimum Gasteiger partial charge on any atom is -0.486 e. The summed E-state index contributed by atoms with van der Waals surface area (Å²) in [5.74, 6) is 1.62. The number of fused-ring (bicyclic) bond motifs is 2. The number of morpholine rings is 1. The summed E-state index contributed by atoms with van der Waals surface area (Å²) >= 11 is 0. The highest BCUT2D eigenvalue weighted by atomic mass is 16.6. The first-order valence-electron chi connectivity index (χ1n) is 10.2. The quantitative estimate of drug-likeness (QED) is 0.866. The van der Waals surface area contributed by atoms with Gasteiger partial charge in [-0.3, -0.25) is 9.69 Å². The summed E-state index contributed by atoms with van der Waals surface area (Å²) in [6.07, 6.45) is 0.741. The molecule has 0 radical (unpaired) electrons. The van der Waals surface area contributed by atoms with Crippen LogP contribution in [0.4, 0.5) is 0 Å². The van der Waals surface area contributed by atoms with Gasteiger partial charge in [-0.05, 0) is 42.2 Å². The Bertz CT molecular complexity index is 917. The van der Waals surface area contributed by atoms with Gasteiger partial charge in [0.05, 0.1) is 11.6 Å². The van der Waals surface area contributed by atoms with Crippen molar-refractivity contribution in [3.63, 3.8) is 0 Å². The normalized spacial score (nSPS) is 26.5. The summed E-state index contributed by atoms with van der Waals surface area (Å²) in [4.78, 5) is 14.6. The number of hydrogen-bond donors (Lipinski definition) is 1. The van der Waals surface area contributed by atoms with E-state index in [4.69, 9.17) is 14.2 Å². The second-order valence-electron chi connectivity index (χ2n) is 8.09. The van der Waals surface area contributed by atoms with Gasteiger partial charge in [-0.1, -0.05) is 30.3 Å². The van der Waals surface area contributed by atoms with Crippen LogP contribution in [-0.4, -0.2) is 49.8 Å². The second-order valence-corrected chi connectivity index (χ2v) is 8.09. The molecule has 2 atom stereocenters. The second kappa shape index (κ2) is 7.35. The monoisotopic (exact) mass is 394 g/mol. The van der Waals surface area contributed by atoms with Crippen molar-refractivity contribution < 1.29 is 19.0 Å². The molecule has 0 spiro atoms. The van der Waals surface area contributed by atoms with Gasteiger partial charge in [0, 0.05) is 19.6 Å². The number of amides is 1. The minimum atomic E-state index is -0.449. The third-order valence-electron chi connectivity index (χ3n) is 6.26. The molecule has 2 fully saturated rings. The summed E-state index contributed by atoms with van der Waals surface area (Å²) in [6.45, 7) is 5.89. The fraction of sp³-hybridized carbons (Fsp3) is 0.435. The van der Waals surface area contributed by atoms with Crippen LogP contribution in [0.2, 0.25) is 0 Å². The maximum Gasteiger partial charge on any atom is 0.246 e. The SMILES string of the molecule is Cc1cc2c(cc1CN1CC[C@@]3(c4ccccc4)NC(=O)CO[C@@H]3C1)OCCO2. The Hall–Kier alpha value is -2.57. The molecular formula is C23H26N2O4. The molecule has 3 heterocycles. The van der Waals surface area contributed by atoms with E-state index in [1.165, 1.54) is 11.1 Å². The Balaban J connectivity index is 1.37. The first kappa shape index (κ1) is 18.5. The highest BCUT2D eigenvalue weighted by molar-refractivity contribution is 5.79. The zero-order valence-electron chi connectivity index (χ0n) is 16.6. The van der Waals surface area contributed by atoms with Gasteiger partial charge in [-0.25, -0.2) is 0 Å². The maximum atomic E-state index is 12.2. The third kappa shape index (κ3) is 3.36. The first-order chi connectivity index (χ1) is 14.1. The number of ether oxygens (including phenoxy) is 3. The average molecular weight is 394 g/mol. The summed E-state index contributed by atoms with van der Waals surface area (Å²) in [5, 5.41) is 3.26. The molecule has 5 rings (SSSR count). The predicted molar refractivity (Wildman–Crippen MR) is 108 cm³/mol. The van der Waals surface area contributed by atoms with E-state index in [0.29, 0.717) is 13.2 Å². The third-order valence-corrected chi connectivity index (χ3v) is 6.26. The lowest BCUT2D eigenvalue weighted by Gasteiger charge is -2.50. The van der Waals surface area contributed by atoms with Crippen LogP contribution in [0.25, 0.3) is 0 Å². The van der Waals surface area contributed by atoms with Crippen molar-refractivity contribution in [1.82, 2.24) is 10.2 Å². The molecule has 0 unspecified atom stereocenters. The van der Waals surface area contributed by atoms with Crippen LogP contribution in [0.15, 0.2) is 42.5 Å². The number of nitrogens with one attached hydrogen (secondary N) is 1. The molecule has 0 saturated carbocycles. The van der Waals surface area contributed by atoms with E-state index in [-0.39, 0.29) is 18.6 Å². The fourth-order valence-corrected chi connectivity index (χ4v) is 4.70. The van der Waals surface area contributed by atoms with Crippen molar-refractivity contribution in [3.8, 4) is 11.5 Å². The summed E-state index contributed by atoms with van der Waals surface area (Å²) < 4.78 is 17.5. The molecule has 1 N–H and O–H groups in total. The number of benzene rings is 2. The van der Waals surface area contributed by atoms with Crippen LogP contribution < -0.4 is 14.8 Å². The predicted octanol–water partition coefficient (Wildman–Crippen LogP) is 2.38. The van der Waals surface area contributed by atoms with E-state index in [2.05, 4.69) is 41.4 Å². The van der Waals surface area contributed by atoms with E-state index in [9.17, 15) is 4.79 Å². The number of piperidine rings is 1. The number of aryl methyl sites for hydroxylation is 1. The van der Waals surface area contributed by atoms with Gasteiger partial charge in [0.15, 0.2) is 11.5 Å². The van der Waals surface area contributed by atoms with Crippen LogP contribution in [0.1, 0.15) is 23.1 Å². The lowest BCUT2D eigenvalue weighted by molar-refractivity contribution is -0.152. The summed E-state index contributed by atoms with van der Waals surface area (Å²) in [5.41, 5.74) is 3.11. The Morgan fingerprint density at radius 2 is 1.90 bits per heavy atom. The first-order valence-corrected chi connectivity index (χ1v) is 10.2. The molecule has 1 amide bonds. The van der Waals surface area contributed by atoms with Gasteiger partial charge in [0.25, 0.3) is 0 Å². The molecule has 29 heavy (non-hydrogen) atoms. The molecule has 0 bridgehead atoms. The topological polar surface area (TPSA) is 60.0 Å².